The van der Waals surface area contributed by atoms with Crippen LogP contribution in [0.25, 0.3) is 10.8 Å². The molecule has 0 spiro atoms. The molecule has 52 heavy (non-hydrogen) atoms. The van der Waals surface area contributed by atoms with Crippen molar-refractivity contribution >= 4 is 44.6 Å². The van der Waals surface area contributed by atoms with Crippen LogP contribution in [-0.4, -0.2) is 89.0 Å². The van der Waals surface area contributed by atoms with Crippen molar-refractivity contribution in [2.24, 2.45) is 17.8 Å². The second-order valence-electron chi connectivity index (χ2n) is 14.5. The minimum Gasteiger partial charge on any atom is -0.472 e. The number of nitrogens with one attached hydrogen (secondary N) is 3. The molecule has 1 aromatic heterocycles. The van der Waals surface area contributed by atoms with E-state index in [2.05, 4.69) is 25.1 Å². The monoisotopic (exact) mass is 747 g/mol. The summed E-state index contributed by atoms with van der Waals surface area (Å²) >= 11 is 0. The predicted molar refractivity (Wildman–Crippen MR) is 178 cm³/mol. The van der Waals surface area contributed by atoms with E-state index in [0.29, 0.717) is 32.1 Å². The molecular formula is C34H39F2N5O10S. The summed E-state index contributed by atoms with van der Waals surface area (Å²) in [6, 6.07) is 1.68. The molecule has 3 aliphatic heterocycles. The van der Waals surface area contributed by atoms with Gasteiger partial charge in [-0.2, -0.15) is 0 Å². The van der Waals surface area contributed by atoms with E-state index in [1.807, 2.05) is 13.0 Å². The van der Waals surface area contributed by atoms with Crippen LogP contribution in [0.5, 0.6) is 17.4 Å². The van der Waals surface area contributed by atoms with Gasteiger partial charge in [-0.05, 0) is 68.6 Å². The fourth-order valence-corrected chi connectivity index (χ4v) is 8.88. The zero-order valence-corrected chi connectivity index (χ0v) is 29.2. The lowest BCUT2D eigenvalue weighted by Crippen LogP contribution is -2.59. The smallest absolute Gasteiger partial charge is 0.472 e. The Morgan fingerprint density at radius 3 is 2.60 bits per heavy atom. The van der Waals surface area contributed by atoms with Gasteiger partial charge < -0.3 is 34.9 Å². The third-order valence-corrected chi connectivity index (χ3v) is 12.3. The van der Waals surface area contributed by atoms with Gasteiger partial charge in [0.25, 0.3) is 5.91 Å². The first-order chi connectivity index (χ1) is 24.6. The Labute approximate surface area is 297 Å². The van der Waals surface area contributed by atoms with Crippen LogP contribution in [0.2, 0.25) is 0 Å². The molecule has 0 radical (unpaired) electrons. The van der Waals surface area contributed by atoms with Crippen LogP contribution in [0.15, 0.2) is 36.5 Å². The summed E-state index contributed by atoms with van der Waals surface area (Å²) in [5.74, 6) is -3.61. The third-order valence-electron chi connectivity index (χ3n) is 10.4. The fraction of sp³-hybridized carbons (Fsp3) is 0.559. The van der Waals surface area contributed by atoms with Gasteiger partial charge in [0.05, 0.1) is 11.8 Å². The molecule has 4 amide bonds. The number of hydrogen-bond acceptors (Lipinski definition) is 10. The summed E-state index contributed by atoms with van der Waals surface area (Å²) in [5, 5.41) is 14.7. The molecule has 3 fully saturated rings. The van der Waals surface area contributed by atoms with Crippen molar-refractivity contribution in [3.05, 3.63) is 36.5 Å². The summed E-state index contributed by atoms with van der Waals surface area (Å²) in [4.78, 5) is 59.6. The van der Waals surface area contributed by atoms with E-state index in [9.17, 15) is 41.5 Å². The van der Waals surface area contributed by atoms with E-state index >= 15 is 0 Å². The largest absolute Gasteiger partial charge is 0.586 e. The number of carbonyl (C=O) groups excluding carboxylic acids is 3. The van der Waals surface area contributed by atoms with E-state index in [1.165, 1.54) is 29.3 Å². The highest BCUT2D eigenvalue weighted by atomic mass is 32.2. The van der Waals surface area contributed by atoms with Crippen LogP contribution in [0.1, 0.15) is 58.8 Å². The summed E-state index contributed by atoms with van der Waals surface area (Å²) in [6.07, 6.45) is 1.46. The second kappa shape index (κ2) is 13.0. The van der Waals surface area contributed by atoms with Crippen molar-refractivity contribution in [2.45, 2.75) is 94.1 Å². The van der Waals surface area contributed by atoms with Crippen LogP contribution >= 0.6 is 0 Å². The van der Waals surface area contributed by atoms with Gasteiger partial charge in [0.1, 0.15) is 23.7 Å². The lowest BCUT2D eigenvalue weighted by molar-refractivity contribution is -0.286. The first-order valence-electron chi connectivity index (χ1n) is 17.3. The number of alkyl halides is 2. The molecule has 18 heteroatoms. The number of pyridine rings is 1. The molecule has 1 saturated heterocycles. The maximum absolute atomic E-state index is 14.3. The molecule has 280 valence electrons. The quantitative estimate of drug-likeness (QED) is 0.317. The number of hydrogen-bond donors (Lipinski definition) is 4. The van der Waals surface area contributed by atoms with Crippen LogP contribution in [0.3, 0.4) is 0 Å². The predicted octanol–water partition coefficient (Wildman–Crippen LogP) is 3.04. The second-order valence-corrected chi connectivity index (χ2v) is 16.4. The molecule has 5 aliphatic rings. The molecule has 0 unspecified atom stereocenters. The molecular weight excluding hydrogens is 708 g/mol. The molecule has 2 aliphatic carbocycles. The first-order valence-corrected chi connectivity index (χ1v) is 18.8. The van der Waals surface area contributed by atoms with Crippen molar-refractivity contribution in [3.8, 4) is 17.4 Å². The molecule has 15 nitrogen and oxygen atoms in total. The van der Waals surface area contributed by atoms with Crippen molar-refractivity contribution in [1.29, 1.82) is 0 Å². The highest BCUT2D eigenvalue weighted by Gasteiger charge is 2.62. The van der Waals surface area contributed by atoms with E-state index in [1.54, 1.807) is 13.0 Å². The number of benzene rings is 1. The lowest BCUT2D eigenvalue weighted by Gasteiger charge is -2.32. The molecule has 1 aromatic carbocycles. The number of allylic oxidation sites excluding steroid dienone is 1. The van der Waals surface area contributed by atoms with Gasteiger partial charge in [0.2, 0.25) is 27.7 Å². The Hall–Kier alpha value is -4.74. The third kappa shape index (κ3) is 6.91. The zero-order valence-electron chi connectivity index (χ0n) is 28.3. The molecule has 0 bridgehead atoms. The summed E-state index contributed by atoms with van der Waals surface area (Å²) in [6.45, 7) is 3.54. The number of fused-ring (bicyclic) bond motifs is 5. The number of nitrogens with zero attached hydrogens (tertiary/aromatic N) is 2. The van der Waals surface area contributed by atoms with Gasteiger partial charge in [-0.3, -0.25) is 19.1 Å². The first kappa shape index (κ1) is 35.7. The highest BCUT2D eigenvalue weighted by Crippen LogP contribution is 2.48. The van der Waals surface area contributed by atoms with Crippen LogP contribution in [-0.2, 0) is 24.4 Å². The van der Waals surface area contributed by atoms with Gasteiger partial charge in [-0.25, -0.2) is 18.2 Å². The zero-order chi connectivity index (χ0) is 37.2. The molecule has 2 saturated carbocycles. The molecule has 2 aromatic rings. The van der Waals surface area contributed by atoms with Gasteiger partial charge in [0.15, 0.2) is 11.5 Å². The van der Waals surface area contributed by atoms with Gasteiger partial charge in [0, 0.05) is 29.3 Å². The van der Waals surface area contributed by atoms with Crippen molar-refractivity contribution in [1.82, 2.24) is 25.2 Å². The van der Waals surface area contributed by atoms with Crippen molar-refractivity contribution in [3.63, 3.8) is 0 Å². The van der Waals surface area contributed by atoms with Crippen LogP contribution in [0, 0.1) is 17.8 Å². The number of rotatable bonds is 6. The van der Waals surface area contributed by atoms with Crippen molar-refractivity contribution in [2.75, 3.05) is 6.54 Å². The SMILES string of the molecule is C[C@@H]1CCC=C[C@@H]2C[C@@]2(C(=O)NS(=O)(=O)C2CC2)NC(=O)[C@@H]2C[C@@H](Oc3nccc4c5c(ccc34)OC(F)(F)O5)CN2C(=O)[C@@H](NC(=O)O)[C@H](C)C1. The number of carboxylic acid groups (broad SMARTS) is 1. The van der Waals surface area contributed by atoms with Crippen LogP contribution in [0.4, 0.5) is 13.6 Å². The Bertz CT molecular complexity index is 1960. The van der Waals surface area contributed by atoms with E-state index < -0.39 is 80.9 Å². The Morgan fingerprint density at radius 1 is 1.10 bits per heavy atom. The van der Waals surface area contributed by atoms with Crippen molar-refractivity contribution < 1.29 is 55.7 Å². The number of aromatic nitrogens is 1. The molecule has 7 rings (SSSR count). The summed E-state index contributed by atoms with van der Waals surface area (Å²) in [5.41, 5.74) is -1.59. The summed E-state index contributed by atoms with van der Waals surface area (Å²) in [7, 11) is -3.95. The highest BCUT2D eigenvalue weighted by molar-refractivity contribution is 7.91. The number of halogens is 2. The molecule has 7 atom stereocenters. The fourth-order valence-electron chi connectivity index (χ4n) is 7.52. The Morgan fingerprint density at radius 2 is 1.87 bits per heavy atom. The average Bonchev–Trinajstić information content (AvgIpc) is 3.97. The Kier molecular flexibility index (Phi) is 8.94. The van der Waals surface area contributed by atoms with Gasteiger partial charge in [-0.15, -0.1) is 8.78 Å². The maximum Gasteiger partial charge on any atom is 0.586 e. The van der Waals surface area contributed by atoms with Crippen LogP contribution < -0.4 is 29.6 Å². The number of ether oxygens (including phenoxy) is 3. The number of amides is 4. The van der Waals surface area contributed by atoms with Gasteiger partial charge >= 0.3 is 12.4 Å². The topological polar surface area (TPSA) is 203 Å². The van der Waals surface area contributed by atoms with E-state index in [-0.39, 0.29) is 53.5 Å². The molecule has 4 heterocycles. The Balaban J connectivity index is 1.21. The maximum atomic E-state index is 14.3. The number of sulfonamides is 1. The van der Waals surface area contributed by atoms with Gasteiger partial charge in [-0.1, -0.05) is 26.0 Å². The lowest BCUT2D eigenvalue weighted by atomic mass is 9.88. The average molecular weight is 748 g/mol. The normalized spacial score (nSPS) is 31.4. The van der Waals surface area contributed by atoms with E-state index in [4.69, 9.17) is 9.47 Å². The molecule has 4 N–H and O–H groups in total. The minimum atomic E-state index is -3.95. The van der Waals surface area contributed by atoms with E-state index in [0.717, 1.165) is 0 Å². The minimum absolute atomic E-state index is 0.00403. The number of carbonyl (C=O) groups is 4. The standard InChI is InChI=1S/C34H39F2N5O10S/c1-17-5-3-4-6-19-15-33(19,31(44)40-52(47,48)21-7-8-21)39-28(42)24-14-20(16-41(24)30(43)26(18(2)13-17)38-32(45)46)49-29-23-9-10-25-27(22(23)11-12-37-29)51-34(35,36)50-25/h4,6,9-12,17-21,24,26,38H,3,5,7-8,13-16H2,1-2H3,(H,39,42)(H,40,44)(H,45,46)/t17-,18-,19-,20-,24+,26+,33-/m1/s1. The summed E-state index contributed by atoms with van der Waals surface area (Å²) < 4.78 is 71.0.